The van der Waals surface area contributed by atoms with Gasteiger partial charge in [-0.2, -0.15) is 10.1 Å². The standard InChI is InChI=1S/C23H15ClN2O6/c1-12-17(21(27)26(25-12)13-6-8-19(24)18(10-13)23(30)31)11-14-7-9-20(32-14)15-4-2-3-5-16(15)22(28)29/h2-11H,1H3,(H,28,29)(H,30,31)/b17-11+. The van der Waals surface area contributed by atoms with E-state index in [2.05, 4.69) is 5.10 Å². The van der Waals surface area contributed by atoms with Crippen molar-refractivity contribution in [1.29, 1.82) is 0 Å². The molecule has 1 aliphatic rings. The van der Waals surface area contributed by atoms with Crippen LogP contribution in [0.5, 0.6) is 0 Å². The molecular formula is C23H15ClN2O6. The Morgan fingerprint density at radius 3 is 2.47 bits per heavy atom. The first-order valence-corrected chi connectivity index (χ1v) is 9.71. The van der Waals surface area contributed by atoms with Gasteiger partial charge in [0.1, 0.15) is 11.5 Å². The number of amides is 1. The Morgan fingerprint density at radius 2 is 1.75 bits per heavy atom. The summed E-state index contributed by atoms with van der Waals surface area (Å²) in [6, 6.07) is 13.8. The van der Waals surface area contributed by atoms with Gasteiger partial charge in [0.15, 0.2) is 0 Å². The van der Waals surface area contributed by atoms with Crippen LogP contribution in [0.3, 0.4) is 0 Å². The lowest BCUT2D eigenvalue weighted by molar-refractivity contribution is -0.114. The third kappa shape index (κ3) is 3.79. The van der Waals surface area contributed by atoms with Crippen molar-refractivity contribution in [3.05, 3.63) is 82.1 Å². The van der Waals surface area contributed by atoms with Gasteiger partial charge in [0.05, 0.1) is 33.1 Å². The second-order valence-electron chi connectivity index (χ2n) is 6.88. The molecule has 2 N–H and O–H groups in total. The summed E-state index contributed by atoms with van der Waals surface area (Å²) in [6.45, 7) is 1.64. The molecule has 3 aromatic rings. The molecule has 9 heteroatoms. The lowest BCUT2D eigenvalue weighted by Gasteiger charge is -2.12. The fraction of sp³-hybridized carbons (Fsp3) is 0.0435. The molecular weight excluding hydrogens is 436 g/mol. The smallest absolute Gasteiger partial charge is 0.337 e. The Labute approximate surface area is 186 Å². The average molecular weight is 451 g/mol. The Morgan fingerprint density at radius 1 is 1.03 bits per heavy atom. The molecule has 0 saturated heterocycles. The average Bonchev–Trinajstić information content (AvgIpc) is 3.34. The van der Waals surface area contributed by atoms with Crippen LogP contribution in [0.4, 0.5) is 5.69 Å². The topological polar surface area (TPSA) is 120 Å². The molecule has 2 heterocycles. The first kappa shape index (κ1) is 21.1. The molecule has 0 atom stereocenters. The fourth-order valence-electron chi connectivity index (χ4n) is 3.27. The van der Waals surface area contributed by atoms with Gasteiger partial charge in [0, 0.05) is 5.56 Å². The summed E-state index contributed by atoms with van der Waals surface area (Å²) in [7, 11) is 0. The van der Waals surface area contributed by atoms with E-state index < -0.39 is 17.8 Å². The number of carbonyl (C=O) groups is 3. The Bertz CT molecular complexity index is 1340. The molecule has 160 valence electrons. The first-order valence-electron chi connectivity index (χ1n) is 9.33. The van der Waals surface area contributed by atoms with Crippen LogP contribution in [0.1, 0.15) is 33.4 Å². The van der Waals surface area contributed by atoms with E-state index in [0.29, 0.717) is 22.8 Å². The maximum atomic E-state index is 13.0. The fourth-order valence-corrected chi connectivity index (χ4v) is 3.47. The van der Waals surface area contributed by atoms with Crippen LogP contribution in [0.25, 0.3) is 17.4 Å². The van der Waals surface area contributed by atoms with E-state index >= 15 is 0 Å². The summed E-state index contributed by atoms with van der Waals surface area (Å²) in [5, 5.41) is 24.0. The molecule has 0 spiro atoms. The highest BCUT2D eigenvalue weighted by molar-refractivity contribution is 6.34. The molecule has 4 rings (SSSR count). The van der Waals surface area contributed by atoms with E-state index in [4.69, 9.17) is 16.0 Å². The molecule has 0 unspecified atom stereocenters. The lowest BCUT2D eigenvalue weighted by Crippen LogP contribution is -2.21. The molecule has 0 saturated carbocycles. The molecule has 0 fully saturated rings. The lowest BCUT2D eigenvalue weighted by atomic mass is 10.1. The van der Waals surface area contributed by atoms with E-state index in [9.17, 15) is 24.6 Å². The monoisotopic (exact) mass is 450 g/mol. The third-order valence-corrected chi connectivity index (χ3v) is 5.15. The van der Waals surface area contributed by atoms with Crippen molar-refractivity contribution >= 4 is 46.9 Å². The number of furan rings is 1. The summed E-state index contributed by atoms with van der Waals surface area (Å²) >= 11 is 5.90. The van der Waals surface area contributed by atoms with Gasteiger partial charge in [-0.15, -0.1) is 0 Å². The van der Waals surface area contributed by atoms with E-state index in [-0.39, 0.29) is 27.4 Å². The van der Waals surface area contributed by atoms with Crippen molar-refractivity contribution in [3.8, 4) is 11.3 Å². The summed E-state index contributed by atoms with van der Waals surface area (Å²) in [5.74, 6) is -2.09. The largest absolute Gasteiger partial charge is 0.478 e. The summed E-state index contributed by atoms with van der Waals surface area (Å²) in [4.78, 5) is 35.8. The van der Waals surface area contributed by atoms with Gasteiger partial charge in [0.2, 0.25) is 0 Å². The highest BCUT2D eigenvalue weighted by Gasteiger charge is 2.30. The molecule has 1 aromatic heterocycles. The minimum Gasteiger partial charge on any atom is -0.478 e. The van der Waals surface area contributed by atoms with Crippen LogP contribution in [0, 0.1) is 0 Å². The number of rotatable bonds is 5. The Balaban J connectivity index is 1.66. The van der Waals surface area contributed by atoms with E-state index in [0.717, 1.165) is 5.01 Å². The number of anilines is 1. The molecule has 1 aliphatic heterocycles. The molecule has 0 bridgehead atoms. The van der Waals surface area contributed by atoms with Crippen molar-refractivity contribution in [2.24, 2.45) is 5.10 Å². The number of carbonyl (C=O) groups excluding carboxylic acids is 1. The number of hydrogen-bond donors (Lipinski definition) is 2. The predicted molar refractivity (Wildman–Crippen MR) is 118 cm³/mol. The normalized spacial score (nSPS) is 14.7. The first-order chi connectivity index (χ1) is 15.3. The zero-order chi connectivity index (χ0) is 23.0. The predicted octanol–water partition coefficient (Wildman–Crippen LogP) is 4.80. The van der Waals surface area contributed by atoms with E-state index in [1.54, 1.807) is 37.3 Å². The minimum absolute atomic E-state index is 0.0501. The number of carboxylic acid groups (broad SMARTS) is 2. The van der Waals surface area contributed by atoms with Crippen LogP contribution in [-0.4, -0.2) is 33.8 Å². The molecule has 2 aromatic carbocycles. The van der Waals surface area contributed by atoms with Crippen molar-refractivity contribution in [2.75, 3.05) is 5.01 Å². The third-order valence-electron chi connectivity index (χ3n) is 4.82. The maximum absolute atomic E-state index is 13.0. The van der Waals surface area contributed by atoms with Gasteiger partial charge in [0.25, 0.3) is 5.91 Å². The van der Waals surface area contributed by atoms with Gasteiger partial charge in [-0.05, 0) is 49.4 Å². The summed E-state index contributed by atoms with van der Waals surface area (Å²) in [5.41, 5.74) is 1.29. The van der Waals surface area contributed by atoms with Crippen molar-refractivity contribution in [1.82, 2.24) is 0 Å². The van der Waals surface area contributed by atoms with Crippen molar-refractivity contribution < 1.29 is 29.0 Å². The highest BCUT2D eigenvalue weighted by Crippen LogP contribution is 2.30. The van der Waals surface area contributed by atoms with Gasteiger partial charge < -0.3 is 14.6 Å². The number of aromatic carboxylic acids is 2. The van der Waals surface area contributed by atoms with Crippen molar-refractivity contribution in [3.63, 3.8) is 0 Å². The van der Waals surface area contributed by atoms with E-state index in [1.165, 1.54) is 30.3 Å². The van der Waals surface area contributed by atoms with E-state index in [1.807, 2.05) is 0 Å². The second kappa shape index (κ2) is 8.16. The van der Waals surface area contributed by atoms with Crippen LogP contribution in [0.15, 0.2) is 69.7 Å². The maximum Gasteiger partial charge on any atom is 0.337 e. The van der Waals surface area contributed by atoms with Crippen LogP contribution >= 0.6 is 11.6 Å². The Kier molecular flexibility index (Phi) is 5.38. The summed E-state index contributed by atoms with van der Waals surface area (Å²) in [6.07, 6.45) is 1.50. The summed E-state index contributed by atoms with van der Waals surface area (Å²) < 4.78 is 5.77. The molecule has 0 aliphatic carbocycles. The molecule has 0 radical (unpaired) electrons. The number of hydrazone groups is 1. The Hall–Kier alpha value is -4.17. The highest BCUT2D eigenvalue weighted by atomic mass is 35.5. The molecule has 1 amide bonds. The van der Waals surface area contributed by atoms with Gasteiger partial charge in [-0.25, -0.2) is 9.59 Å². The quantitative estimate of drug-likeness (QED) is 0.538. The minimum atomic E-state index is -1.22. The number of hydrogen-bond acceptors (Lipinski definition) is 5. The van der Waals surface area contributed by atoms with Crippen LogP contribution in [0.2, 0.25) is 5.02 Å². The van der Waals surface area contributed by atoms with Gasteiger partial charge >= 0.3 is 11.9 Å². The van der Waals surface area contributed by atoms with Gasteiger partial charge in [-0.3, -0.25) is 4.79 Å². The second-order valence-corrected chi connectivity index (χ2v) is 7.29. The molecule has 8 nitrogen and oxygen atoms in total. The molecule has 32 heavy (non-hydrogen) atoms. The van der Waals surface area contributed by atoms with Crippen LogP contribution < -0.4 is 5.01 Å². The van der Waals surface area contributed by atoms with Crippen LogP contribution in [-0.2, 0) is 4.79 Å². The zero-order valence-corrected chi connectivity index (χ0v) is 17.3. The number of nitrogens with zero attached hydrogens (tertiary/aromatic N) is 2. The number of carboxylic acids is 2. The number of benzene rings is 2. The van der Waals surface area contributed by atoms with Crippen molar-refractivity contribution in [2.45, 2.75) is 6.92 Å². The number of halogens is 1. The zero-order valence-electron chi connectivity index (χ0n) is 16.6. The SMILES string of the molecule is CC1=NN(c2ccc(Cl)c(C(=O)O)c2)C(=O)/C1=C/c1ccc(-c2ccccc2C(=O)O)o1. The van der Waals surface area contributed by atoms with Gasteiger partial charge in [-0.1, -0.05) is 29.8 Å².